The Labute approximate surface area is 212 Å². The highest BCUT2D eigenvalue weighted by Gasteiger charge is 2.37. The Kier molecular flexibility index (Phi) is 6.36. The van der Waals surface area contributed by atoms with Crippen LogP contribution in [0, 0.1) is 19.3 Å². The number of ether oxygens (including phenoxy) is 1. The maximum absolute atomic E-state index is 12.9. The number of benzene rings is 2. The van der Waals surface area contributed by atoms with Gasteiger partial charge in [-0.2, -0.15) is 9.39 Å². The average molecular weight is 502 g/mol. The number of para-hydroxylation sites is 2. The molecule has 1 N–H and O–H groups in total. The van der Waals surface area contributed by atoms with Crippen LogP contribution < -0.4 is 4.74 Å². The van der Waals surface area contributed by atoms with Gasteiger partial charge in [0, 0.05) is 17.1 Å². The summed E-state index contributed by atoms with van der Waals surface area (Å²) in [6, 6.07) is 19.9. The number of methoxy groups -OCH3 is 1. The molecule has 0 unspecified atom stereocenters. The van der Waals surface area contributed by atoms with Gasteiger partial charge in [0.05, 0.1) is 30.3 Å². The Balaban J connectivity index is 1.46. The van der Waals surface area contributed by atoms with Crippen LogP contribution in [0.25, 0.3) is 11.8 Å². The van der Waals surface area contributed by atoms with Crippen molar-refractivity contribution in [2.75, 3.05) is 7.11 Å². The number of aromatic nitrogens is 1. The lowest BCUT2D eigenvalue weighted by Gasteiger charge is -2.24. The summed E-state index contributed by atoms with van der Waals surface area (Å²) in [7, 11) is 1.65. The van der Waals surface area contributed by atoms with Crippen molar-refractivity contribution in [1.29, 1.82) is 5.41 Å². The predicted molar refractivity (Wildman–Crippen MR) is 145 cm³/mol. The van der Waals surface area contributed by atoms with E-state index >= 15 is 0 Å². The number of rotatable bonds is 5. The van der Waals surface area contributed by atoms with E-state index in [2.05, 4.69) is 26.1 Å². The second-order valence-corrected chi connectivity index (χ2v) is 9.69. The molecule has 176 valence electrons. The van der Waals surface area contributed by atoms with Gasteiger partial charge in [-0.15, -0.1) is 0 Å². The molecule has 0 bridgehead atoms. The van der Waals surface area contributed by atoms with E-state index in [9.17, 15) is 4.79 Å². The monoisotopic (exact) mass is 501 g/mol. The highest BCUT2D eigenvalue weighted by Crippen LogP contribution is 2.34. The van der Waals surface area contributed by atoms with E-state index in [1.54, 1.807) is 18.1 Å². The fourth-order valence-electron chi connectivity index (χ4n) is 4.09. The Bertz CT molecular complexity index is 1420. The van der Waals surface area contributed by atoms with Gasteiger partial charge in [0.15, 0.2) is 5.17 Å². The number of hydrogen-bond donors (Lipinski definition) is 1. The van der Waals surface area contributed by atoms with E-state index in [-0.39, 0.29) is 11.4 Å². The van der Waals surface area contributed by atoms with Gasteiger partial charge in [0.2, 0.25) is 5.17 Å². The number of nitrogens with one attached hydrogen (secondary N) is 1. The summed E-state index contributed by atoms with van der Waals surface area (Å²) < 4.78 is 12.1. The minimum absolute atomic E-state index is 0.0893. The molecule has 1 amide bonds. The lowest BCUT2D eigenvalue weighted by molar-refractivity contribution is -0.114. The quantitative estimate of drug-likeness (QED) is 0.363. The number of carbonyl (C=O) groups excluding carboxylic acids is 1. The predicted octanol–water partition coefficient (Wildman–Crippen LogP) is 5.61. The van der Waals surface area contributed by atoms with Crippen LogP contribution in [0.4, 0.5) is 0 Å². The summed E-state index contributed by atoms with van der Waals surface area (Å²) in [4.78, 5) is 18.8. The van der Waals surface area contributed by atoms with Crippen molar-refractivity contribution < 1.29 is 9.53 Å². The van der Waals surface area contributed by atoms with Crippen molar-refractivity contribution in [2.45, 2.75) is 19.6 Å². The van der Waals surface area contributed by atoms with Crippen LogP contribution in [0.5, 0.6) is 5.75 Å². The fraction of sp³-hybridized carbons (Fsp3) is 0.154. The summed E-state index contributed by atoms with van der Waals surface area (Å²) in [5, 5.41) is 9.92. The molecular weight excluding hydrogens is 478 g/mol. The zero-order valence-corrected chi connectivity index (χ0v) is 21.1. The lowest BCUT2D eigenvalue weighted by Crippen LogP contribution is -2.41. The van der Waals surface area contributed by atoms with E-state index in [4.69, 9.17) is 10.1 Å². The molecule has 3 aromatic rings. The molecule has 0 aliphatic carbocycles. The number of nitrogens with zero attached hydrogens (tertiary/aromatic N) is 4. The molecule has 7 nitrogen and oxygen atoms in total. The maximum Gasteiger partial charge on any atom is 0.283 e. The number of aliphatic imine (C=N–C) groups is 1. The molecule has 5 rings (SSSR count). The van der Waals surface area contributed by atoms with Gasteiger partial charge in [0.25, 0.3) is 5.91 Å². The summed E-state index contributed by atoms with van der Waals surface area (Å²) in [6.45, 7) is 4.00. The first-order chi connectivity index (χ1) is 17.0. The molecule has 35 heavy (non-hydrogen) atoms. The number of hydrogen-bond acceptors (Lipinski definition) is 6. The molecule has 9 heteroatoms. The number of amides is 1. The Morgan fingerprint density at radius 2 is 1.86 bits per heavy atom. The number of fused-ring (bicyclic) bond motifs is 1. The smallest absolute Gasteiger partial charge is 0.283 e. The Morgan fingerprint density at radius 3 is 2.63 bits per heavy atom. The van der Waals surface area contributed by atoms with Gasteiger partial charge in [-0.05, 0) is 49.2 Å². The van der Waals surface area contributed by atoms with Crippen molar-refractivity contribution >= 4 is 51.9 Å². The van der Waals surface area contributed by atoms with Gasteiger partial charge >= 0.3 is 0 Å². The molecule has 0 saturated heterocycles. The molecule has 3 heterocycles. The van der Waals surface area contributed by atoms with Crippen molar-refractivity contribution in [3.05, 3.63) is 88.8 Å². The standard InChI is InChI=1S/C26H23N5O2S2/c1-16-13-19(17(2)30(16)21-11-7-8-12-22(21)33-3)14-20-23(27)31-25(28-24(20)32)35-29-26(31)34-15-18-9-5-4-6-10-18/h4-14,27H,15H2,1-3H3/b20-14-,27-23?. The van der Waals surface area contributed by atoms with Gasteiger partial charge in [0.1, 0.15) is 11.6 Å². The Hall–Kier alpha value is -3.56. The first-order valence-corrected chi connectivity index (χ1v) is 12.7. The number of thioether (sulfide) groups is 1. The minimum atomic E-state index is -0.430. The van der Waals surface area contributed by atoms with Crippen LogP contribution in [0.1, 0.15) is 22.5 Å². The third kappa shape index (κ3) is 4.33. The zero-order valence-electron chi connectivity index (χ0n) is 19.5. The lowest BCUT2D eigenvalue weighted by atomic mass is 10.1. The summed E-state index contributed by atoms with van der Waals surface area (Å²) in [5.74, 6) is 1.13. The van der Waals surface area contributed by atoms with Crippen molar-refractivity contribution in [3.8, 4) is 11.4 Å². The highest BCUT2D eigenvalue weighted by molar-refractivity contribution is 8.18. The molecular formula is C26H23N5O2S2. The normalized spacial score (nSPS) is 16.4. The van der Waals surface area contributed by atoms with E-state index in [1.165, 1.54) is 11.8 Å². The molecule has 0 saturated carbocycles. The van der Waals surface area contributed by atoms with Gasteiger partial charge in [-0.25, -0.2) is 4.90 Å². The van der Waals surface area contributed by atoms with Crippen LogP contribution >= 0.6 is 23.7 Å². The minimum Gasteiger partial charge on any atom is -0.495 e. The third-order valence-corrected chi connectivity index (χ3v) is 7.63. The molecule has 0 spiro atoms. The second-order valence-electron chi connectivity index (χ2n) is 8.01. The SMILES string of the molecule is COc1ccccc1-n1c(C)cc(/C=C2/C(=N)N3C(SCc4ccccc4)=NSC3=NC2=O)c1C. The summed E-state index contributed by atoms with van der Waals surface area (Å²) in [5.41, 5.74) is 5.11. The van der Waals surface area contributed by atoms with Crippen LogP contribution in [-0.2, 0) is 10.5 Å². The van der Waals surface area contributed by atoms with Crippen LogP contribution in [0.3, 0.4) is 0 Å². The van der Waals surface area contributed by atoms with Gasteiger partial charge in [-0.3, -0.25) is 10.2 Å². The zero-order chi connectivity index (χ0) is 24.5. The first kappa shape index (κ1) is 23.2. The molecule has 2 aliphatic rings. The molecule has 1 aromatic heterocycles. The highest BCUT2D eigenvalue weighted by atomic mass is 32.2. The van der Waals surface area contributed by atoms with E-state index in [0.29, 0.717) is 16.1 Å². The maximum atomic E-state index is 12.9. The summed E-state index contributed by atoms with van der Waals surface area (Å²) in [6.07, 6.45) is 1.75. The number of amidine groups is 3. The van der Waals surface area contributed by atoms with E-state index < -0.39 is 5.91 Å². The molecule has 0 radical (unpaired) electrons. The molecule has 0 fully saturated rings. The van der Waals surface area contributed by atoms with Gasteiger partial charge in [-0.1, -0.05) is 54.2 Å². The number of carbonyl (C=O) groups is 1. The first-order valence-electron chi connectivity index (χ1n) is 11.0. The summed E-state index contributed by atoms with van der Waals surface area (Å²) >= 11 is 2.66. The third-order valence-electron chi connectivity index (χ3n) is 5.80. The van der Waals surface area contributed by atoms with E-state index in [0.717, 1.165) is 45.9 Å². The Morgan fingerprint density at radius 1 is 1.11 bits per heavy atom. The van der Waals surface area contributed by atoms with Crippen LogP contribution in [0.2, 0.25) is 0 Å². The average Bonchev–Trinajstić information content (AvgIpc) is 3.40. The topological polar surface area (TPSA) is 83.0 Å². The van der Waals surface area contributed by atoms with Crippen LogP contribution in [0.15, 0.2) is 75.6 Å². The van der Waals surface area contributed by atoms with Crippen molar-refractivity contribution in [1.82, 2.24) is 9.47 Å². The second kappa shape index (κ2) is 9.59. The fourth-order valence-corrected chi connectivity index (χ4v) is 5.89. The molecule has 0 atom stereocenters. The van der Waals surface area contributed by atoms with Crippen LogP contribution in [-0.4, -0.2) is 38.7 Å². The molecule has 2 aromatic carbocycles. The van der Waals surface area contributed by atoms with Crippen molar-refractivity contribution in [3.63, 3.8) is 0 Å². The van der Waals surface area contributed by atoms with E-state index in [1.807, 2.05) is 62.4 Å². The molecule has 2 aliphatic heterocycles. The number of aryl methyl sites for hydroxylation is 1. The largest absolute Gasteiger partial charge is 0.495 e. The van der Waals surface area contributed by atoms with Gasteiger partial charge < -0.3 is 9.30 Å². The van der Waals surface area contributed by atoms with Crippen molar-refractivity contribution in [2.24, 2.45) is 9.39 Å².